The predicted molar refractivity (Wildman–Crippen MR) is 47.7 cm³/mol. The van der Waals surface area contributed by atoms with Crippen LogP contribution in [0.3, 0.4) is 0 Å². The summed E-state index contributed by atoms with van der Waals surface area (Å²) in [7, 11) is 0. The van der Waals surface area contributed by atoms with Gasteiger partial charge in [-0.25, -0.2) is 0 Å². The van der Waals surface area contributed by atoms with Gasteiger partial charge in [0, 0.05) is 25.7 Å². The van der Waals surface area contributed by atoms with Crippen molar-refractivity contribution in [2.45, 2.75) is 18.9 Å². The van der Waals surface area contributed by atoms with E-state index in [2.05, 4.69) is 4.90 Å². The van der Waals surface area contributed by atoms with Crippen molar-refractivity contribution < 1.29 is 5.11 Å². The van der Waals surface area contributed by atoms with Crippen molar-refractivity contribution in [2.24, 2.45) is 17.6 Å². The molecule has 1 unspecified atom stereocenters. The fourth-order valence-corrected chi connectivity index (χ4v) is 2.69. The number of rotatable bonds is 2. The van der Waals surface area contributed by atoms with Crippen molar-refractivity contribution in [3.8, 4) is 0 Å². The van der Waals surface area contributed by atoms with Crippen LogP contribution in [0.2, 0.25) is 0 Å². The van der Waals surface area contributed by atoms with Gasteiger partial charge in [0.05, 0.1) is 6.61 Å². The van der Waals surface area contributed by atoms with Crippen molar-refractivity contribution in [2.75, 3.05) is 26.2 Å². The molecule has 2 rings (SSSR count). The molecular formula is C9H18N2O. The van der Waals surface area contributed by atoms with E-state index in [0.29, 0.717) is 17.9 Å². The fourth-order valence-electron chi connectivity index (χ4n) is 2.69. The number of fused-ring (bicyclic) bond motifs is 2. The monoisotopic (exact) mass is 170 g/mol. The second-order valence-corrected chi connectivity index (χ2v) is 4.16. The molecule has 0 aromatic heterocycles. The molecule has 2 bridgehead atoms. The minimum atomic E-state index is 0.286. The van der Waals surface area contributed by atoms with Crippen LogP contribution >= 0.6 is 0 Å². The van der Waals surface area contributed by atoms with E-state index < -0.39 is 0 Å². The Hall–Kier alpha value is -0.120. The second kappa shape index (κ2) is 3.32. The van der Waals surface area contributed by atoms with Gasteiger partial charge in [0.1, 0.15) is 0 Å². The number of aliphatic hydroxyl groups excluding tert-OH is 1. The molecule has 2 fully saturated rings. The molecule has 1 saturated carbocycles. The summed E-state index contributed by atoms with van der Waals surface area (Å²) in [5.41, 5.74) is 6.05. The molecule has 3 heteroatoms. The third-order valence-electron chi connectivity index (χ3n) is 3.40. The number of hydrogen-bond donors (Lipinski definition) is 2. The highest BCUT2D eigenvalue weighted by Gasteiger charge is 2.39. The molecule has 1 aliphatic heterocycles. The van der Waals surface area contributed by atoms with Crippen molar-refractivity contribution in [3.05, 3.63) is 0 Å². The van der Waals surface area contributed by atoms with Crippen molar-refractivity contribution in [1.29, 1.82) is 0 Å². The van der Waals surface area contributed by atoms with Crippen LogP contribution in [0.4, 0.5) is 0 Å². The van der Waals surface area contributed by atoms with E-state index >= 15 is 0 Å². The molecule has 3 atom stereocenters. The van der Waals surface area contributed by atoms with Crippen molar-refractivity contribution >= 4 is 0 Å². The van der Waals surface area contributed by atoms with Gasteiger partial charge in [-0.3, -0.25) is 0 Å². The molecule has 12 heavy (non-hydrogen) atoms. The van der Waals surface area contributed by atoms with Crippen LogP contribution in [-0.2, 0) is 0 Å². The number of nitrogens with zero attached hydrogens (tertiary/aromatic N) is 1. The van der Waals surface area contributed by atoms with Gasteiger partial charge in [0.15, 0.2) is 0 Å². The third kappa shape index (κ3) is 1.37. The Kier molecular flexibility index (Phi) is 2.35. The summed E-state index contributed by atoms with van der Waals surface area (Å²) >= 11 is 0. The van der Waals surface area contributed by atoms with Crippen LogP contribution in [0.5, 0.6) is 0 Å². The highest BCUT2D eigenvalue weighted by atomic mass is 16.3. The lowest BCUT2D eigenvalue weighted by Crippen LogP contribution is -2.49. The Labute approximate surface area is 73.5 Å². The summed E-state index contributed by atoms with van der Waals surface area (Å²) in [6.07, 6.45) is 2.60. The largest absolute Gasteiger partial charge is 0.395 e. The van der Waals surface area contributed by atoms with E-state index in [9.17, 15) is 0 Å². The van der Waals surface area contributed by atoms with Crippen LogP contribution in [-0.4, -0.2) is 42.3 Å². The lowest BCUT2D eigenvalue weighted by atomic mass is 9.93. The van der Waals surface area contributed by atoms with Crippen LogP contribution in [0.1, 0.15) is 12.8 Å². The van der Waals surface area contributed by atoms with Gasteiger partial charge in [0.2, 0.25) is 0 Å². The number of hydrogen-bond acceptors (Lipinski definition) is 3. The first-order valence-electron chi connectivity index (χ1n) is 4.90. The van der Waals surface area contributed by atoms with Gasteiger partial charge in [-0.2, -0.15) is 0 Å². The Morgan fingerprint density at radius 2 is 1.83 bits per heavy atom. The van der Waals surface area contributed by atoms with Crippen molar-refractivity contribution in [1.82, 2.24) is 4.90 Å². The summed E-state index contributed by atoms with van der Waals surface area (Å²) in [5, 5.41) is 8.80. The molecule has 3 nitrogen and oxygen atoms in total. The van der Waals surface area contributed by atoms with E-state index in [4.69, 9.17) is 10.8 Å². The number of aliphatic hydroxyl groups is 1. The van der Waals surface area contributed by atoms with Crippen LogP contribution < -0.4 is 5.73 Å². The van der Waals surface area contributed by atoms with Gasteiger partial charge in [-0.15, -0.1) is 0 Å². The summed E-state index contributed by atoms with van der Waals surface area (Å²) in [6, 6.07) is 0.444. The van der Waals surface area contributed by atoms with Crippen molar-refractivity contribution in [3.63, 3.8) is 0 Å². The highest BCUT2D eigenvalue weighted by molar-refractivity contribution is 4.95. The van der Waals surface area contributed by atoms with E-state index in [0.717, 1.165) is 19.6 Å². The van der Waals surface area contributed by atoms with E-state index in [1.54, 1.807) is 0 Å². The molecular weight excluding hydrogens is 152 g/mol. The van der Waals surface area contributed by atoms with Gasteiger partial charge < -0.3 is 15.7 Å². The molecule has 1 heterocycles. The Bertz CT molecular complexity index is 149. The highest BCUT2D eigenvalue weighted by Crippen LogP contribution is 2.35. The van der Waals surface area contributed by atoms with Gasteiger partial charge >= 0.3 is 0 Å². The number of piperidine rings is 1. The van der Waals surface area contributed by atoms with Crippen LogP contribution in [0.15, 0.2) is 0 Å². The first-order chi connectivity index (χ1) is 5.81. The van der Waals surface area contributed by atoms with Gasteiger partial charge in [0.25, 0.3) is 0 Å². The number of β-amino-alcohol motifs (C(OH)–C–C–N with tert-alkyl or cyclic N) is 1. The smallest absolute Gasteiger partial charge is 0.0558 e. The molecule has 1 aliphatic carbocycles. The average Bonchev–Trinajstić information content (AvgIpc) is 2.33. The maximum absolute atomic E-state index is 8.80. The maximum atomic E-state index is 8.80. The molecule has 0 spiro atoms. The molecule has 0 aromatic rings. The minimum Gasteiger partial charge on any atom is -0.395 e. The Balaban J connectivity index is 1.93. The quantitative estimate of drug-likeness (QED) is 0.595. The lowest BCUT2D eigenvalue weighted by Gasteiger charge is -2.35. The zero-order chi connectivity index (χ0) is 8.55. The minimum absolute atomic E-state index is 0.286. The molecule has 2 aliphatic rings. The summed E-state index contributed by atoms with van der Waals surface area (Å²) in [4.78, 5) is 2.35. The molecule has 70 valence electrons. The topological polar surface area (TPSA) is 49.5 Å². The normalized spacial score (nSPS) is 42.0. The van der Waals surface area contributed by atoms with E-state index in [-0.39, 0.29) is 6.61 Å². The molecule has 0 radical (unpaired) electrons. The average molecular weight is 170 g/mol. The van der Waals surface area contributed by atoms with Crippen LogP contribution in [0.25, 0.3) is 0 Å². The lowest BCUT2D eigenvalue weighted by molar-refractivity contribution is 0.120. The molecule has 1 saturated heterocycles. The number of likely N-dealkylation sites (tertiary alicyclic amines) is 1. The molecule has 0 amide bonds. The zero-order valence-corrected chi connectivity index (χ0v) is 7.45. The zero-order valence-electron chi connectivity index (χ0n) is 7.45. The van der Waals surface area contributed by atoms with Gasteiger partial charge in [-0.05, 0) is 24.7 Å². The summed E-state index contributed by atoms with van der Waals surface area (Å²) in [5.74, 6) is 1.41. The standard InChI is InChI=1S/C9H18N2O/c10-9-7-1-2-8(9)6-11(5-7)3-4-12/h7-9,12H,1-6,10H2/t7-,8+,9?. The summed E-state index contributed by atoms with van der Waals surface area (Å²) < 4.78 is 0. The van der Waals surface area contributed by atoms with Crippen LogP contribution in [0, 0.1) is 11.8 Å². The molecule has 0 aromatic carbocycles. The number of nitrogens with two attached hydrogens (primary N) is 1. The van der Waals surface area contributed by atoms with Gasteiger partial charge in [-0.1, -0.05) is 0 Å². The first kappa shape index (κ1) is 8.48. The van der Waals surface area contributed by atoms with E-state index in [1.165, 1.54) is 12.8 Å². The Morgan fingerprint density at radius 3 is 2.33 bits per heavy atom. The Morgan fingerprint density at radius 1 is 1.25 bits per heavy atom. The molecule has 3 N–H and O–H groups in total. The predicted octanol–water partition coefficient (Wildman–Crippen LogP) is -0.352. The third-order valence-corrected chi connectivity index (χ3v) is 3.40. The van der Waals surface area contributed by atoms with E-state index in [1.807, 2.05) is 0 Å². The SMILES string of the molecule is NC1[C@@H]2CC[C@H]1CN(CCO)C2. The fraction of sp³-hybridized carbons (Fsp3) is 1.00. The first-order valence-corrected chi connectivity index (χ1v) is 4.90. The second-order valence-electron chi connectivity index (χ2n) is 4.16. The summed E-state index contributed by atoms with van der Waals surface area (Å²) in [6.45, 7) is 3.34. The maximum Gasteiger partial charge on any atom is 0.0558 e.